The van der Waals surface area contributed by atoms with Gasteiger partial charge in [0.05, 0.1) is 5.69 Å². The number of carbonyl (C=O) groups excluding carboxylic acids is 1. The maximum atomic E-state index is 11.3. The number of carbonyl (C=O) groups is 1. The van der Waals surface area contributed by atoms with Crippen molar-refractivity contribution >= 4 is 35.0 Å². The van der Waals surface area contributed by atoms with Crippen molar-refractivity contribution in [1.29, 1.82) is 0 Å². The summed E-state index contributed by atoms with van der Waals surface area (Å²) < 4.78 is 0. The summed E-state index contributed by atoms with van der Waals surface area (Å²) in [5.74, 6) is 0.287. The van der Waals surface area contributed by atoms with Gasteiger partial charge in [0.25, 0.3) is 0 Å². The van der Waals surface area contributed by atoms with Gasteiger partial charge in [0.1, 0.15) is 10.8 Å². The number of benzene rings is 2. The van der Waals surface area contributed by atoms with Crippen molar-refractivity contribution in [1.82, 2.24) is 9.97 Å². The first-order valence-corrected chi connectivity index (χ1v) is 8.97. The maximum Gasteiger partial charge on any atom is 0.247 e. The molecule has 3 N–H and O–H groups in total. The number of hydrogen-bond acceptors (Lipinski definition) is 6. The van der Waals surface area contributed by atoms with E-state index in [4.69, 9.17) is 0 Å². The lowest BCUT2D eigenvalue weighted by atomic mass is 10.3. The normalized spacial score (nSPS) is 10.3. The summed E-state index contributed by atoms with van der Waals surface area (Å²) in [6, 6.07) is 14.4. The Balaban J connectivity index is 1.76. The van der Waals surface area contributed by atoms with Crippen molar-refractivity contribution in [2.75, 3.05) is 10.6 Å². The molecule has 27 heavy (non-hydrogen) atoms. The molecule has 0 radical (unpaired) electrons. The van der Waals surface area contributed by atoms with Crippen LogP contribution >= 0.6 is 11.8 Å². The number of amides is 1. The molecule has 0 bridgehead atoms. The molecule has 0 aliphatic heterocycles. The fourth-order valence-corrected chi connectivity index (χ4v) is 3.04. The van der Waals surface area contributed by atoms with Crippen LogP contribution in [0.1, 0.15) is 5.56 Å². The van der Waals surface area contributed by atoms with Crippen LogP contribution in [0.15, 0.2) is 77.3 Å². The van der Waals surface area contributed by atoms with Gasteiger partial charge in [0, 0.05) is 22.3 Å². The first kappa shape index (κ1) is 18.5. The number of aryl methyl sites for hydroxylation is 1. The van der Waals surface area contributed by atoms with Crippen molar-refractivity contribution in [3.05, 3.63) is 72.9 Å². The third-order valence-corrected chi connectivity index (χ3v) is 4.71. The van der Waals surface area contributed by atoms with Crippen molar-refractivity contribution in [3.8, 4) is 5.75 Å². The topological polar surface area (TPSA) is 87.1 Å². The molecule has 1 amide bonds. The smallest absolute Gasteiger partial charge is 0.247 e. The Labute approximate surface area is 161 Å². The minimum absolute atomic E-state index is 0.132. The number of hydrogen-bond donors (Lipinski definition) is 3. The average Bonchev–Trinajstić information content (AvgIpc) is 2.67. The van der Waals surface area contributed by atoms with E-state index in [2.05, 4.69) is 27.2 Å². The molecule has 136 valence electrons. The molecule has 1 heterocycles. The van der Waals surface area contributed by atoms with E-state index in [1.807, 2.05) is 37.3 Å². The zero-order valence-corrected chi connectivity index (χ0v) is 15.5. The molecule has 0 aliphatic rings. The van der Waals surface area contributed by atoms with Crippen molar-refractivity contribution < 1.29 is 9.90 Å². The molecule has 0 atom stereocenters. The largest absolute Gasteiger partial charge is 0.506 e. The quantitative estimate of drug-likeness (QED) is 0.332. The van der Waals surface area contributed by atoms with E-state index in [1.54, 1.807) is 24.4 Å². The van der Waals surface area contributed by atoms with Crippen LogP contribution in [0.5, 0.6) is 5.75 Å². The summed E-state index contributed by atoms with van der Waals surface area (Å²) in [7, 11) is 0. The van der Waals surface area contributed by atoms with Crippen LogP contribution in [0.4, 0.5) is 17.3 Å². The van der Waals surface area contributed by atoms with Crippen molar-refractivity contribution in [2.24, 2.45) is 0 Å². The molecular weight excluding hydrogens is 360 g/mol. The minimum atomic E-state index is -0.248. The highest BCUT2D eigenvalue weighted by Gasteiger charge is 2.08. The monoisotopic (exact) mass is 378 g/mol. The number of aromatic hydroxyl groups is 1. The van der Waals surface area contributed by atoms with Crippen LogP contribution in [-0.2, 0) is 4.79 Å². The molecular formula is C20H18N4O2S. The Hall–Kier alpha value is -3.32. The Kier molecular flexibility index (Phi) is 5.73. The SMILES string of the molecule is C=CC(=O)Nc1ccc(Sc2nc(Nc3ccccc3O)ncc2C)cc1. The van der Waals surface area contributed by atoms with E-state index >= 15 is 0 Å². The van der Waals surface area contributed by atoms with E-state index in [0.717, 1.165) is 15.5 Å². The Bertz CT molecular complexity index is 974. The molecule has 2 aromatic carbocycles. The number of para-hydroxylation sites is 2. The Morgan fingerprint density at radius 1 is 1.19 bits per heavy atom. The minimum Gasteiger partial charge on any atom is -0.506 e. The molecule has 6 nitrogen and oxygen atoms in total. The average molecular weight is 378 g/mol. The lowest BCUT2D eigenvalue weighted by Crippen LogP contribution is -2.06. The summed E-state index contributed by atoms with van der Waals surface area (Å²) in [4.78, 5) is 21.1. The van der Waals surface area contributed by atoms with E-state index in [-0.39, 0.29) is 11.7 Å². The van der Waals surface area contributed by atoms with E-state index in [0.29, 0.717) is 17.3 Å². The summed E-state index contributed by atoms with van der Waals surface area (Å²) in [6.07, 6.45) is 2.96. The molecule has 0 aliphatic carbocycles. The first-order chi connectivity index (χ1) is 13.0. The fourth-order valence-electron chi connectivity index (χ4n) is 2.20. The van der Waals surface area contributed by atoms with Gasteiger partial charge in [0.15, 0.2) is 0 Å². The van der Waals surface area contributed by atoms with Gasteiger partial charge in [0.2, 0.25) is 11.9 Å². The second-order valence-electron chi connectivity index (χ2n) is 5.64. The molecule has 0 spiro atoms. The summed E-state index contributed by atoms with van der Waals surface area (Å²) in [6.45, 7) is 5.37. The second-order valence-corrected chi connectivity index (χ2v) is 6.71. The third kappa shape index (κ3) is 4.86. The summed E-state index contributed by atoms with van der Waals surface area (Å²) in [5.41, 5.74) is 2.18. The molecule has 0 unspecified atom stereocenters. The first-order valence-electron chi connectivity index (χ1n) is 8.15. The predicted molar refractivity (Wildman–Crippen MR) is 108 cm³/mol. The van der Waals surface area contributed by atoms with Gasteiger partial charge >= 0.3 is 0 Å². The molecule has 0 fully saturated rings. The standard InChI is InChI=1S/C20H18N4O2S/c1-3-18(26)22-14-8-10-15(11-9-14)27-19-13(2)12-21-20(24-19)23-16-6-4-5-7-17(16)25/h3-12,25H,1H2,2H3,(H,22,26)(H,21,23,24). The maximum absolute atomic E-state index is 11.3. The lowest BCUT2D eigenvalue weighted by molar-refractivity contribution is -0.111. The number of aromatic nitrogens is 2. The van der Waals surface area contributed by atoms with Gasteiger partial charge < -0.3 is 15.7 Å². The molecule has 7 heteroatoms. The van der Waals surface area contributed by atoms with Crippen molar-refractivity contribution in [2.45, 2.75) is 16.8 Å². The highest BCUT2D eigenvalue weighted by atomic mass is 32.2. The molecule has 0 saturated heterocycles. The summed E-state index contributed by atoms with van der Waals surface area (Å²) in [5, 5.41) is 16.4. The van der Waals surface area contributed by atoms with Gasteiger partial charge in [-0.3, -0.25) is 4.79 Å². The van der Waals surface area contributed by atoms with Gasteiger partial charge in [-0.05, 0) is 49.4 Å². The van der Waals surface area contributed by atoms with Gasteiger partial charge in [-0.25, -0.2) is 9.97 Å². The number of phenols is 1. The molecule has 0 saturated carbocycles. The van der Waals surface area contributed by atoms with Crippen molar-refractivity contribution in [3.63, 3.8) is 0 Å². The summed E-state index contributed by atoms with van der Waals surface area (Å²) >= 11 is 1.49. The Morgan fingerprint density at radius 2 is 1.93 bits per heavy atom. The second kappa shape index (κ2) is 8.37. The number of nitrogens with zero attached hydrogens (tertiary/aromatic N) is 2. The Morgan fingerprint density at radius 3 is 2.63 bits per heavy atom. The number of nitrogens with one attached hydrogen (secondary N) is 2. The number of anilines is 3. The van der Waals surface area contributed by atoms with Crippen LogP contribution in [0.2, 0.25) is 0 Å². The highest BCUT2D eigenvalue weighted by Crippen LogP contribution is 2.31. The van der Waals surface area contributed by atoms with Crippen LogP contribution in [0.3, 0.4) is 0 Å². The molecule has 3 rings (SSSR count). The van der Waals surface area contributed by atoms with E-state index < -0.39 is 0 Å². The van der Waals surface area contributed by atoms with Gasteiger partial charge in [-0.2, -0.15) is 0 Å². The van der Waals surface area contributed by atoms with Crippen LogP contribution in [-0.4, -0.2) is 21.0 Å². The van der Waals surface area contributed by atoms with Crippen LogP contribution in [0.25, 0.3) is 0 Å². The van der Waals surface area contributed by atoms with E-state index in [9.17, 15) is 9.90 Å². The lowest BCUT2D eigenvalue weighted by Gasteiger charge is -2.10. The zero-order valence-electron chi connectivity index (χ0n) is 14.6. The zero-order chi connectivity index (χ0) is 19.2. The molecule has 1 aromatic heterocycles. The third-order valence-electron chi connectivity index (χ3n) is 3.60. The van der Waals surface area contributed by atoms with Crippen LogP contribution in [0, 0.1) is 6.92 Å². The van der Waals surface area contributed by atoms with E-state index in [1.165, 1.54) is 17.8 Å². The predicted octanol–water partition coefficient (Wildman–Crippen LogP) is 4.51. The highest BCUT2D eigenvalue weighted by molar-refractivity contribution is 7.99. The van der Waals surface area contributed by atoms with Gasteiger partial charge in [-0.1, -0.05) is 30.5 Å². The van der Waals surface area contributed by atoms with Crippen LogP contribution < -0.4 is 10.6 Å². The molecule has 3 aromatic rings. The van der Waals surface area contributed by atoms with Gasteiger partial charge in [-0.15, -0.1) is 0 Å². The number of phenolic OH excluding ortho intramolecular Hbond substituents is 1. The fraction of sp³-hybridized carbons (Fsp3) is 0.0500. The number of rotatable bonds is 6.